The van der Waals surface area contributed by atoms with Gasteiger partial charge in [0.1, 0.15) is 0 Å². The van der Waals surface area contributed by atoms with Gasteiger partial charge in [0, 0.05) is 19.9 Å². The van der Waals surface area contributed by atoms with Gasteiger partial charge >= 0.3 is 0 Å². The number of nitrogens with zero attached hydrogens (tertiary/aromatic N) is 1. The lowest BCUT2D eigenvalue weighted by Crippen LogP contribution is -2.28. The quantitative estimate of drug-likeness (QED) is 0.651. The van der Waals surface area contributed by atoms with Gasteiger partial charge in [0.25, 0.3) is 0 Å². The van der Waals surface area contributed by atoms with Crippen LogP contribution in [-0.4, -0.2) is 28.5 Å². The zero-order valence-electron chi connectivity index (χ0n) is 11.6. The highest BCUT2D eigenvalue weighted by Gasteiger charge is 2.27. The van der Waals surface area contributed by atoms with Crippen molar-refractivity contribution in [1.82, 2.24) is 10.4 Å². The average Bonchev–Trinajstić information content (AvgIpc) is 2.94. The van der Waals surface area contributed by atoms with Gasteiger partial charge in [0.05, 0.1) is 6.04 Å². The average molecular weight is 276 g/mol. The Bertz CT molecular complexity index is 502. The van der Waals surface area contributed by atoms with E-state index in [1.807, 2.05) is 23.1 Å². The third kappa shape index (κ3) is 3.36. The van der Waals surface area contributed by atoms with Crippen LogP contribution in [0.4, 0.5) is 0 Å². The first-order valence-corrected chi connectivity index (χ1v) is 6.91. The molecule has 1 aliphatic heterocycles. The van der Waals surface area contributed by atoms with E-state index in [0.29, 0.717) is 6.42 Å². The molecule has 20 heavy (non-hydrogen) atoms. The molecule has 1 saturated heterocycles. The Labute approximate surface area is 118 Å². The smallest absolute Gasteiger partial charge is 0.243 e. The summed E-state index contributed by atoms with van der Waals surface area (Å²) in [5.74, 6) is -0.279. The number of hydroxylamine groups is 1. The molecule has 0 bridgehead atoms. The second kappa shape index (κ2) is 6.52. The van der Waals surface area contributed by atoms with Crippen LogP contribution in [-0.2, 0) is 16.0 Å². The second-order valence-corrected chi connectivity index (χ2v) is 5.15. The van der Waals surface area contributed by atoms with Crippen LogP contribution >= 0.6 is 0 Å². The Morgan fingerprint density at radius 2 is 2.25 bits per heavy atom. The molecule has 5 nitrogen and oxygen atoms in total. The monoisotopic (exact) mass is 276 g/mol. The molecule has 1 aromatic rings. The zero-order chi connectivity index (χ0) is 14.5. The number of hydrogen-bond acceptors (Lipinski definition) is 3. The number of amides is 2. The third-order valence-corrected chi connectivity index (χ3v) is 3.76. The van der Waals surface area contributed by atoms with Gasteiger partial charge in [-0.1, -0.05) is 24.3 Å². The SMILES string of the molecule is CC(=O)N1CCCC1c1cccc(CCC(=O)NO)c1. The van der Waals surface area contributed by atoms with E-state index in [1.165, 1.54) is 0 Å². The summed E-state index contributed by atoms with van der Waals surface area (Å²) < 4.78 is 0. The number of aryl methyl sites for hydroxylation is 1. The number of hydrogen-bond donors (Lipinski definition) is 2. The van der Waals surface area contributed by atoms with Crippen molar-refractivity contribution in [2.45, 2.75) is 38.6 Å². The lowest BCUT2D eigenvalue weighted by molar-refractivity contribution is -0.130. The minimum absolute atomic E-state index is 0.109. The van der Waals surface area contributed by atoms with Crippen LogP contribution in [0, 0.1) is 0 Å². The fourth-order valence-electron chi connectivity index (χ4n) is 2.76. The molecule has 1 aromatic carbocycles. The summed E-state index contributed by atoms with van der Waals surface area (Å²) in [7, 11) is 0. The van der Waals surface area contributed by atoms with Gasteiger partial charge < -0.3 is 4.90 Å². The van der Waals surface area contributed by atoms with Crippen molar-refractivity contribution < 1.29 is 14.8 Å². The molecule has 1 atom stereocenters. The van der Waals surface area contributed by atoms with Gasteiger partial charge in [-0.05, 0) is 30.4 Å². The minimum Gasteiger partial charge on any atom is -0.336 e. The molecule has 0 aromatic heterocycles. The van der Waals surface area contributed by atoms with Gasteiger partial charge in [-0.3, -0.25) is 14.8 Å². The molecule has 0 radical (unpaired) electrons. The molecule has 0 aliphatic carbocycles. The molecular formula is C15H20N2O3. The normalized spacial score (nSPS) is 18.1. The largest absolute Gasteiger partial charge is 0.336 e. The van der Waals surface area contributed by atoms with E-state index in [9.17, 15) is 9.59 Å². The van der Waals surface area contributed by atoms with E-state index < -0.39 is 0 Å². The molecular weight excluding hydrogens is 256 g/mol. The fraction of sp³-hybridized carbons (Fsp3) is 0.467. The lowest BCUT2D eigenvalue weighted by Gasteiger charge is -2.24. The predicted molar refractivity (Wildman–Crippen MR) is 74.1 cm³/mol. The van der Waals surface area contributed by atoms with E-state index in [-0.39, 0.29) is 24.3 Å². The minimum atomic E-state index is -0.387. The van der Waals surface area contributed by atoms with Crippen LogP contribution in [0.25, 0.3) is 0 Å². The van der Waals surface area contributed by atoms with Crippen molar-refractivity contribution in [1.29, 1.82) is 0 Å². The van der Waals surface area contributed by atoms with E-state index >= 15 is 0 Å². The van der Waals surface area contributed by atoms with E-state index in [2.05, 4.69) is 6.07 Å². The summed E-state index contributed by atoms with van der Waals surface area (Å²) >= 11 is 0. The Morgan fingerprint density at radius 3 is 2.95 bits per heavy atom. The molecule has 0 spiro atoms. The molecule has 1 unspecified atom stereocenters. The first kappa shape index (κ1) is 14.5. The zero-order valence-corrected chi connectivity index (χ0v) is 11.6. The van der Waals surface area contributed by atoms with Crippen LogP contribution in [0.5, 0.6) is 0 Å². The Hall–Kier alpha value is -1.88. The lowest BCUT2D eigenvalue weighted by atomic mass is 10.00. The number of rotatable bonds is 4. The number of nitrogens with one attached hydrogen (secondary N) is 1. The first-order chi connectivity index (χ1) is 9.61. The number of carbonyl (C=O) groups excluding carboxylic acids is 2. The molecule has 0 saturated carbocycles. The van der Waals surface area contributed by atoms with Gasteiger partial charge in [-0.15, -0.1) is 0 Å². The predicted octanol–water partition coefficient (Wildman–Crippen LogP) is 1.81. The summed E-state index contributed by atoms with van der Waals surface area (Å²) in [5, 5.41) is 8.49. The molecule has 5 heteroatoms. The Morgan fingerprint density at radius 1 is 1.45 bits per heavy atom. The number of carbonyl (C=O) groups is 2. The maximum atomic E-state index is 11.6. The molecule has 2 amide bonds. The number of likely N-dealkylation sites (tertiary alicyclic amines) is 1. The topological polar surface area (TPSA) is 69.6 Å². The summed E-state index contributed by atoms with van der Waals surface area (Å²) in [4.78, 5) is 24.6. The van der Waals surface area contributed by atoms with Crippen LogP contribution in [0.1, 0.15) is 43.4 Å². The second-order valence-electron chi connectivity index (χ2n) is 5.15. The van der Waals surface area contributed by atoms with E-state index in [1.54, 1.807) is 12.4 Å². The van der Waals surface area contributed by atoms with Crippen molar-refractivity contribution in [3.63, 3.8) is 0 Å². The Kier molecular flexibility index (Phi) is 4.74. The fourth-order valence-corrected chi connectivity index (χ4v) is 2.76. The molecule has 1 aliphatic rings. The molecule has 1 heterocycles. The van der Waals surface area contributed by atoms with Crippen molar-refractivity contribution in [2.75, 3.05) is 6.54 Å². The van der Waals surface area contributed by atoms with Crippen LogP contribution in [0.2, 0.25) is 0 Å². The third-order valence-electron chi connectivity index (χ3n) is 3.76. The molecule has 2 rings (SSSR count). The van der Waals surface area contributed by atoms with Gasteiger partial charge in [-0.2, -0.15) is 0 Å². The maximum absolute atomic E-state index is 11.6. The highest BCUT2D eigenvalue weighted by atomic mass is 16.5. The maximum Gasteiger partial charge on any atom is 0.243 e. The van der Waals surface area contributed by atoms with E-state index in [4.69, 9.17) is 5.21 Å². The van der Waals surface area contributed by atoms with Crippen molar-refractivity contribution in [2.24, 2.45) is 0 Å². The summed E-state index contributed by atoms with van der Waals surface area (Å²) in [6.07, 6.45) is 2.84. The van der Waals surface area contributed by atoms with Crippen molar-refractivity contribution >= 4 is 11.8 Å². The highest BCUT2D eigenvalue weighted by Crippen LogP contribution is 2.32. The van der Waals surface area contributed by atoms with Crippen LogP contribution in [0.15, 0.2) is 24.3 Å². The van der Waals surface area contributed by atoms with Crippen LogP contribution < -0.4 is 5.48 Å². The van der Waals surface area contributed by atoms with Gasteiger partial charge in [0.15, 0.2) is 0 Å². The van der Waals surface area contributed by atoms with Crippen molar-refractivity contribution in [3.05, 3.63) is 35.4 Å². The molecule has 1 fully saturated rings. The van der Waals surface area contributed by atoms with Gasteiger partial charge in [0.2, 0.25) is 11.8 Å². The summed E-state index contributed by atoms with van der Waals surface area (Å²) in [6.45, 7) is 2.42. The number of benzene rings is 1. The van der Waals surface area contributed by atoms with E-state index in [0.717, 1.165) is 30.5 Å². The molecule has 108 valence electrons. The molecule has 2 N–H and O–H groups in total. The van der Waals surface area contributed by atoms with Crippen molar-refractivity contribution in [3.8, 4) is 0 Å². The van der Waals surface area contributed by atoms with Crippen LogP contribution in [0.3, 0.4) is 0 Å². The first-order valence-electron chi connectivity index (χ1n) is 6.91. The summed E-state index contributed by atoms with van der Waals surface area (Å²) in [5.41, 5.74) is 3.80. The highest BCUT2D eigenvalue weighted by molar-refractivity contribution is 5.75. The summed E-state index contributed by atoms with van der Waals surface area (Å²) in [6, 6.07) is 8.15. The Balaban J connectivity index is 2.09. The standard InChI is InChI=1S/C15H20N2O3/c1-11(18)17-9-3-6-14(17)13-5-2-4-12(10-13)7-8-15(19)16-20/h2,4-5,10,14,20H,3,6-9H2,1H3,(H,16,19). The van der Waals surface area contributed by atoms with Gasteiger partial charge in [-0.25, -0.2) is 5.48 Å².